The predicted octanol–water partition coefficient (Wildman–Crippen LogP) is 3.64. The van der Waals surface area contributed by atoms with E-state index in [4.69, 9.17) is 18.6 Å². The monoisotopic (exact) mass is 316 g/mol. The average Bonchev–Trinajstić information content (AvgIpc) is 3.11. The summed E-state index contributed by atoms with van der Waals surface area (Å²) >= 11 is 0. The van der Waals surface area contributed by atoms with Gasteiger partial charge in [-0.2, -0.15) is 0 Å². The van der Waals surface area contributed by atoms with Crippen molar-refractivity contribution < 1.29 is 23.4 Å². The number of hydrogen-bond donors (Lipinski definition) is 0. The maximum atomic E-state index is 12.4. The zero-order valence-electron chi connectivity index (χ0n) is 13.4. The van der Waals surface area contributed by atoms with Crippen LogP contribution in [0.2, 0.25) is 0 Å². The van der Waals surface area contributed by atoms with Crippen LogP contribution in [-0.2, 0) is 14.2 Å². The summed E-state index contributed by atoms with van der Waals surface area (Å²) in [6, 6.07) is 12.5. The molecule has 0 radical (unpaired) electrons. The van der Waals surface area contributed by atoms with Crippen LogP contribution in [0.5, 0.6) is 0 Å². The van der Waals surface area contributed by atoms with E-state index in [0.717, 1.165) is 5.76 Å². The molecule has 0 bridgehead atoms. The third-order valence-electron chi connectivity index (χ3n) is 3.65. The minimum atomic E-state index is -0.705. The Kier molecular flexibility index (Phi) is 4.24. The maximum absolute atomic E-state index is 12.4. The molecular formula is C18H20O5. The van der Waals surface area contributed by atoms with Crippen molar-refractivity contribution in [1.29, 1.82) is 0 Å². The molecule has 0 N–H and O–H groups in total. The lowest BCUT2D eigenvalue weighted by molar-refractivity contribution is -0.153. The van der Waals surface area contributed by atoms with E-state index in [2.05, 4.69) is 0 Å². The topological polar surface area (TPSA) is 57.9 Å². The Morgan fingerprint density at radius 2 is 1.96 bits per heavy atom. The van der Waals surface area contributed by atoms with Gasteiger partial charge in [0.2, 0.25) is 0 Å². The molecule has 2 aromatic rings. The molecule has 1 aromatic heterocycles. The Morgan fingerprint density at radius 3 is 2.52 bits per heavy atom. The van der Waals surface area contributed by atoms with Gasteiger partial charge in [-0.25, -0.2) is 4.79 Å². The summed E-state index contributed by atoms with van der Waals surface area (Å²) in [6.07, 6.45) is -1.07. The van der Waals surface area contributed by atoms with Crippen LogP contribution in [0.1, 0.15) is 41.8 Å². The van der Waals surface area contributed by atoms with Gasteiger partial charge in [0.15, 0.2) is 11.9 Å². The van der Waals surface area contributed by atoms with Gasteiger partial charge in [-0.15, -0.1) is 0 Å². The number of carbonyl (C=O) groups excluding carboxylic acids is 1. The molecule has 122 valence electrons. The number of ether oxygens (including phenoxy) is 3. The summed E-state index contributed by atoms with van der Waals surface area (Å²) in [5.41, 5.74) is 0.485. The number of esters is 1. The largest absolute Gasteiger partial charge is 0.462 e. The van der Waals surface area contributed by atoms with Gasteiger partial charge in [-0.1, -0.05) is 18.2 Å². The summed E-state index contributed by atoms with van der Waals surface area (Å²) in [6.45, 7) is 5.84. The van der Waals surface area contributed by atoms with Crippen LogP contribution in [0.3, 0.4) is 0 Å². The number of furan rings is 1. The highest BCUT2D eigenvalue weighted by molar-refractivity contribution is 5.89. The summed E-state index contributed by atoms with van der Waals surface area (Å²) in [4.78, 5) is 12.4. The fourth-order valence-electron chi connectivity index (χ4n) is 2.55. The third kappa shape index (κ3) is 3.63. The Hall–Kier alpha value is -2.11. The first-order chi connectivity index (χ1) is 10.9. The molecule has 2 atom stereocenters. The second kappa shape index (κ2) is 6.18. The van der Waals surface area contributed by atoms with Crippen LogP contribution in [0.4, 0.5) is 0 Å². The molecule has 1 aliphatic heterocycles. The molecule has 0 aliphatic carbocycles. The zero-order valence-corrected chi connectivity index (χ0v) is 13.4. The molecule has 5 heteroatoms. The summed E-state index contributed by atoms with van der Waals surface area (Å²) in [5.74, 6) is 0.180. The quantitative estimate of drug-likeness (QED) is 0.806. The van der Waals surface area contributed by atoms with Crippen molar-refractivity contribution in [2.24, 2.45) is 0 Å². The first-order valence-corrected chi connectivity index (χ1v) is 7.59. The molecule has 0 unspecified atom stereocenters. The fraction of sp³-hybridized carbons (Fsp3) is 0.389. The Balaban J connectivity index is 1.83. The van der Waals surface area contributed by atoms with E-state index >= 15 is 0 Å². The van der Waals surface area contributed by atoms with Gasteiger partial charge >= 0.3 is 5.97 Å². The van der Waals surface area contributed by atoms with Crippen molar-refractivity contribution in [3.05, 3.63) is 59.5 Å². The van der Waals surface area contributed by atoms with E-state index in [1.165, 1.54) is 0 Å². The first kappa shape index (κ1) is 15.8. The van der Waals surface area contributed by atoms with Crippen molar-refractivity contribution in [2.45, 2.75) is 38.8 Å². The first-order valence-electron chi connectivity index (χ1n) is 7.59. The minimum absolute atomic E-state index is 0.333. The highest BCUT2D eigenvalue weighted by Gasteiger charge is 2.41. The second-order valence-electron chi connectivity index (χ2n) is 6.01. The maximum Gasteiger partial charge on any atom is 0.338 e. The zero-order chi connectivity index (χ0) is 16.4. The number of rotatable bonds is 4. The van der Waals surface area contributed by atoms with Crippen LogP contribution in [0, 0.1) is 6.92 Å². The van der Waals surface area contributed by atoms with Crippen LogP contribution in [0.15, 0.2) is 46.9 Å². The molecular weight excluding hydrogens is 296 g/mol. The van der Waals surface area contributed by atoms with Crippen molar-refractivity contribution >= 4 is 5.97 Å². The molecule has 3 rings (SSSR count). The smallest absolute Gasteiger partial charge is 0.338 e. The molecule has 2 heterocycles. The average molecular weight is 316 g/mol. The van der Waals surface area contributed by atoms with Crippen LogP contribution in [0.25, 0.3) is 0 Å². The SMILES string of the molecule is Cc1ccc([C@@H](OC(=O)c2ccccc2)[C@H]2COC(C)(C)O2)o1. The predicted molar refractivity (Wildman–Crippen MR) is 82.9 cm³/mol. The lowest BCUT2D eigenvalue weighted by Gasteiger charge is -2.23. The third-order valence-corrected chi connectivity index (χ3v) is 3.65. The molecule has 1 aromatic carbocycles. The van der Waals surface area contributed by atoms with Crippen molar-refractivity contribution in [1.82, 2.24) is 0 Å². The Labute approximate surface area is 135 Å². The Bertz CT molecular complexity index is 674. The van der Waals surface area contributed by atoms with E-state index in [9.17, 15) is 4.79 Å². The highest BCUT2D eigenvalue weighted by atomic mass is 16.8. The highest BCUT2D eigenvalue weighted by Crippen LogP contribution is 2.34. The number of aryl methyl sites for hydroxylation is 1. The lowest BCUT2D eigenvalue weighted by Crippen LogP contribution is -2.28. The van der Waals surface area contributed by atoms with E-state index < -0.39 is 24.0 Å². The van der Waals surface area contributed by atoms with Crippen LogP contribution < -0.4 is 0 Å². The fourth-order valence-corrected chi connectivity index (χ4v) is 2.55. The number of carbonyl (C=O) groups is 1. The molecule has 1 saturated heterocycles. The van der Waals surface area contributed by atoms with E-state index in [1.54, 1.807) is 30.3 Å². The molecule has 23 heavy (non-hydrogen) atoms. The normalized spacial score (nSPS) is 21.1. The molecule has 0 amide bonds. The molecule has 1 aliphatic rings. The molecule has 0 spiro atoms. The Morgan fingerprint density at radius 1 is 1.22 bits per heavy atom. The van der Waals surface area contributed by atoms with Gasteiger partial charge in [0.25, 0.3) is 0 Å². The van der Waals surface area contributed by atoms with E-state index in [1.807, 2.05) is 32.9 Å². The summed E-state index contributed by atoms with van der Waals surface area (Å²) in [5, 5.41) is 0. The van der Waals surface area contributed by atoms with Gasteiger partial charge in [0, 0.05) is 0 Å². The number of benzene rings is 1. The number of hydrogen-bond acceptors (Lipinski definition) is 5. The lowest BCUT2D eigenvalue weighted by atomic mass is 10.1. The van der Waals surface area contributed by atoms with Crippen molar-refractivity contribution in [2.75, 3.05) is 6.61 Å². The molecule has 0 saturated carbocycles. The van der Waals surface area contributed by atoms with Gasteiger partial charge < -0.3 is 18.6 Å². The standard InChI is InChI=1S/C18H20O5/c1-12-9-10-14(21-12)16(15-11-20-18(2,3)23-15)22-17(19)13-7-5-4-6-8-13/h4-10,15-16H,11H2,1-3H3/t15-,16-/m1/s1. The van der Waals surface area contributed by atoms with E-state index in [-0.39, 0.29) is 0 Å². The molecule has 1 fully saturated rings. The summed E-state index contributed by atoms with van der Waals surface area (Å²) in [7, 11) is 0. The van der Waals surface area contributed by atoms with Crippen LogP contribution in [-0.4, -0.2) is 24.5 Å². The van der Waals surface area contributed by atoms with Gasteiger partial charge in [0.05, 0.1) is 12.2 Å². The molecule has 5 nitrogen and oxygen atoms in total. The van der Waals surface area contributed by atoms with Crippen LogP contribution >= 0.6 is 0 Å². The second-order valence-corrected chi connectivity index (χ2v) is 6.01. The van der Waals surface area contributed by atoms with Gasteiger partial charge in [0.1, 0.15) is 17.6 Å². The van der Waals surface area contributed by atoms with Gasteiger partial charge in [-0.3, -0.25) is 0 Å². The van der Waals surface area contributed by atoms with Crippen molar-refractivity contribution in [3.8, 4) is 0 Å². The van der Waals surface area contributed by atoms with Gasteiger partial charge in [-0.05, 0) is 45.0 Å². The van der Waals surface area contributed by atoms with Crippen molar-refractivity contribution in [3.63, 3.8) is 0 Å². The summed E-state index contributed by atoms with van der Waals surface area (Å²) < 4.78 is 22.8. The van der Waals surface area contributed by atoms with E-state index in [0.29, 0.717) is 17.9 Å². The minimum Gasteiger partial charge on any atom is -0.462 e.